The average molecular weight is 269 g/mol. The van der Waals surface area contributed by atoms with Crippen molar-refractivity contribution in [2.45, 2.75) is 37.4 Å². The molecule has 2 unspecified atom stereocenters. The van der Waals surface area contributed by atoms with Gasteiger partial charge in [0.05, 0.1) is 11.8 Å². The topological polar surface area (TPSA) is 23.5 Å². The van der Waals surface area contributed by atoms with Crippen molar-refractivity contribution in [3.05, 3.63) is 29.6 Å². The van der Waals surface area contributed by atoms with E-state index in [1.807, 2.05) is 11.8 Å². The van der Waals surface area contributed by atoms with E-state index < -0.39 is 6.10 Å². The lowest BCUT2D eigenvalue weighted by Gasteiger charge is -2.36. The minimum atomic E-state index is -0.622. The van der Waals surface area contributed by atoms with E-state index >= 15 is 0 Å². The van der Waals surface area contributed by atoms with Gasteiger partial charge in [-0.1, -0.05) is 19.9 Å². The van der Waals surface area contributed by atoms with Gasteiger partial charge >= 0.3 is 0 Å². The highest BCUT2D eigenvalue weighted by Gasteiger charge is 2.24. The number of hydrogen-bond acceptors (Lipinski definition) is 3. The molecule has 100 valence electrons. The zero-order valence-corrected chi connectivity index (χ0v) is 11.9. The standard InChI is InChI=1S/C14H20FNOS/c1-9-7-16(8-10(2)18-9)14-5-4-12(11(3)17)6-13(14)15/h4-6,9-11,17H,7-8H2,1-3H3/t9?,10?,11-/m0/s1. The molecule has 1 fully saturated rings. The molecule has 0 aromatic heterocycles. The summed E-state index contributed by atoms with van der Waals surface area (Å²) >= 11 is 1.95. The normalized spacial score (nSPS) is 26.2. The Morgan fingerprint density at radius 1 is 1.33 bits per heavy atom. The second-order valence-corrected chi connectivity index (χ2v) is 6.93. The molecular weight excluding hydrogens is 249 g/mol. The van der Waals surface area contributed by atoms with Crippen LogP contribution in [-0.2, 0) is 0 Å². The minimum Gasteiger partial charge on any atom is -0.389 e. The number of benzene rings is 1. The van der Waals surface area contributed by atoms with Gasteiger partial charge in [-0.2, -0.15) is 11.8 Å². The fourth-order valence-electron chi connectivity index (χ4n) is 2.41. The Bertz CT molecular complexity index is 414. The number of aliphatic hydroxyl groups excluding tert-OH is 1. The van der Waals surface area contributed by atoms with Crippen LogP contribution in [0.15, 0.2) is 18.2 Å². The van der Waals surface area contributed by atoms with Crippen LogP contribution in [-0.4, -0.2) is 28.7 Å². The van der Waals surface area contributed by atoms with Gasteiger partial charge in [0.25, 0.3) is 0 Å². The van der Waals surface area contributed by atoms with Crippen LogP contribution in [0.1, 0.15) is 32.4 Å². The summed E-state index contributed by atoms with van der Waals surface area (Å²) in [5, 5.41) is 10.5. The minimum absolute atomic E-state index is 0.236. The van der Waals surface area contributed by atoms with Crippen LogP contribution in [0.3, 0.4) is 0 Å². The zero-order chi connectivity index (χ0) is 13.3. The first-order chi connectivity index (χ1) is 8.47. The summed E-state index contributed by atoms with van der Waals surface area (Å²) in [6.45, 7) is 7.75. The number of anilines is 1. The van der Waals surface area contributed by atoms with Gasteiger partial charge in [-0.05, 0) is 24.6 Å². The second kappa shape index (κ2) is 5.49. The third-order valence-electron chi connectivity index (χ3n) is 3.21. The Balaban J connectivity index is 2.22. The van der Waals surface area contributed by atoms with E-state index in [9.17, 15) is 9.50 Å². The molecule has 3 atom stereocenters. The lowest BCUT2D eigenvalue weighted by molar-refractivity contribution is 0.199. The summed E-state index contributed by atoms with van der Waals surface area (Å²) < 4.78 is 14.1. The molecule has 0 aliphatic carbocycles. The molecule has 0 amide bonds. The van der Waals surface area contributed by atoms with Gasteiger partial charge in [-0.15, -0.1) is 0 Å². The lowest BCUT2D eigenvalue weighted by atomic mass is 10.1. The molecule has 2 nitrogen and oxygen atoms in total. The molecule has 4 heteroatoms. The number of hydrogen-bond donors (Lipinski definition) is 1. The molecule has 2 rings (SSSR count). The van der Waals surface area contributed by atoms with Crippen LogP contribution in [0.5, 0.6) is 0 Å². The molecule has 1 N–H and O–H groups in total. The van der Waals surface area contributed by atoms with Crippen molar-refractivity contribution in [3.8, 4) is 0 Å². The van der Waals surface area contributed by atoms with E-state index in [1.165, 1.54) is 6.07 Å². The SMILES string of the molecule is CC1CN(c2ccc([C@H](C)O)cc2F)CC(C)S1. The van der Waals surface area contributed by atoms with Gasteiger partial charge in [0.2, 0.25) is 0 Å². The van der Waals surface area contributed by atoms with Gasteiger partial charge in [-0.25, -0.2) is 4.39 Å². The molecule has 1 aromatic carbocycles. The van der Waals surface area contributed by atoms with Crippen molar-refractivity contribution in [3.63, 3.8) is 0 Å². The van der Waals surface area contributed by atoms with E-state index in [0.29, 0.717) is 21.8 Å². The van der Waals surface area contributed by atoms with Crippen LogP contribution in [0, 0.1) is 5.82 Å². The van der Waals surface area contributed by atoms with Gasteiger partial charge in [-0.3, -0.25) is 0 Å². The number of aliphatic hydroxyl groups is 1. The molecule has 0 saturated carbocycles. The monoisotopic (exact) mass is 269 g/mol. The van der Waals surface area contributed by atoms with Crippen LogP contribution in [0.4, 0.5) is 10.1 Å². The summed E-state index contributed by atoms with van der Waals surface area (Å²) in [5.74, 6) is -0.236. The van der Waals surface area contributed by atoms with Crippen molar-refractivity contribution in [2.75, 3.05) is 18.0 Å². The van der Waals surface area contributed by atoms with Gasteiger partial charge < -0.3 is 10.0 Å². The Morgan fingerprint density at radius 2 is 1.94 bits per heavy atom. The predicted molar refractivity (Wildman–Crippen MR) is 75.8 cm³/mol. The quantitative estimate of drug-likeness (QED) is 0.892. The Kier molecular flexibility index (Phi) is 4.17. The predicted octanol–water partition coefficient (Wildman–Crippen LogP) is 3.21. The fourth-order valence-corrected chi connectivity index (χ4v) is 3.74. The summed E-state index contributed by atoms with van der Waals surface area (Å²) in [6, 6.07) is 5.03. The van der Waals surface area contributed by atoms with Crippen LogP contribution in [0.2, 0.25) is 0 Å². The van der Waals surface area contributed by atoms with Crippen LogP contribution < -0.4 is 4.90 Å². The van der Waals surface area contributed by atoms with Crippen molar-refractivity contribution >= 4 is 17.4 Å². The van der Waals surface area contributed by atoms with E-state index in [2.05, 4.69) is 18.7 Å². The summed E-state index contributed by atoms with van der Waals surface area (Å²) in [5.41, 5.74) is 1.28. The van der Waals surface area contributed by atoms with Gasteiger partial charge in [0.1, 0.15) is 5.82 Å². The highest BCUT2D eigenvalue weighted by molar-refractivity contribution is 8.00. The highest BCUT2D eigenvalue weighted by atomic mass is 32.2. The molecule has 0 spiro atoms. The van der Waals surface area contributed by atoms with E-state index in [4.69, 9.17) is 0 Å². The second-order valence-electron chi connectivity index (χ2n) is 5.05. The third kappa shape index (κ3) is 2.98. The number of rotatable bonds is 2. The molecule has 1 aromatic rings. The van der Waals surface area contributed by atoms with Crippen molar-refractivity contribution < 1.29 is 9.50 Å². The molecule has 0 radical (unpaired) electrons. The maximum atomic E-state index is 14.1. The first-order valence-corrected chi connectivity index (χ1v) is 7.29. The lowest BCUT2D eigenvalue weighted by Crippen LogP contribution is -2.40. The number of thioether (sulfide) groups is 1. The van der Waals surface area contributed by atoms with E-state index in [0.717, 1.165) is 13.1 Å². The fraction of sp³-hybridized carbons (Fsp3) is 0.571. The van der Waals surface area contributed by atoms with Crippen molar-refractivity contribution in [1.82, 2.24) is 0 Å². The summed E-state index contributed by atoms with van der Waals surface area (Å²) in [6.07, 6.45) is -0.622. The number of halogens is 1. The van der Waals surface area contributed by atoms with Gasteiger partial charge in [0, 0.05) is 23.6 Å². The largest absolute Gasteiger partial charge is 0.389 e. The van der Waals surface area contributed by atoms with Crippen LogP contribution in [0.25, 0.3) is 0 Å². The smallest absolute Gasteiger partial charge is 0.146 e. The molecule has 1 aliphatic rings. The first kappa shape index (κ1) is 13.7. The van der Waals surface area contributed by atoms with Crippen LogP contribution >= 0.6 is 11.8 Å². The summed E-state index contributed by atoms with van der Waals surface area (Å²) in [7, 11) is 0. The van der Waals surface area contributed by atoms with Gasteiger partial charge in [0.15, 0.2) is 0 Å². The number of nitrogens with zero attached hydrogens (tertiary/aromatic N) is 1. The molecule has 18 heavy (non-hydrogen) atoms. The summed E-state index contributed by atoms with van der Waals surface area (Å²) in [4.78, 5) is 2.10. The third-order valence-corrected chi connectivity index (χ3v) is 4.44. The molecule has 0 bridgehead atoms. The molecule has 1 heterocycles. The maximum absolute atomic E-state index is 14.1. The van der Waals surface area contributed by atoms with E-state index in [1.54, 1.807) is 19.1 Å². The Morgan fingerprint density at radius 3 is 2.44 bits per heavy atom. The maximum Gasteiger partial charge on any atom is 0.146 e. The highest BCUT2D eigenvalue weighted by Crippen LogP contribution is 2.31. The van der Waals surface area contributed by atoms with Crippen molar-refractivity contribution in [2.24, 2.45) is 0 Å². The van der Waals surface area contributed by atoms with E-state index in [-0.39, 0.29) is 5.82 Å². The zero-order valence-electron chi connectivity index (χ0n) is 11.1. The van der Waals surface area contributed by atoms with Crippen molar-refractivity contribution in [1.29, 1.82) is 0 Å². The molecule has 1 aliphatic heterocycles. The molecular formula is C14H20FNOS. The Hall–Kier alpha value is -0.740. The average Bonchev–Trinajstić information content (AvgIpc) is 2.27. The first-order valence-electron chi connectivity index (χ1n) is 6.35. The molecule has 1 saturated heterocycles. The Labute approximate surface area is 112 Å².